The van der Waals surface area contributed by atoms with Gasteiger partial charge in [0.15, 0.2) is 5.69 Å². The average Bonchev–Trinajstić information content (AvgIpc) is 2.89. The third-order valence-corrected chi connectivity index (χ3v) is 3.00. The van der Waals surface area contributed by atoms with Gasteiger partial charge in [-0.2, -0.15) is 5.10 Å². The molecule has 0 saturated carbocycles. The number of hydrogen-bond donors (Lipinski definition) is 3. The van der Waals surface area contributed by atoms with Crippen molar-refractivity contribution in [1.82, 2.24) is 25.7 Å². The standard InChI is InChI=1S/C13H18N6O/c1-9-10(8-16-17-9)4-3-7-15-13(20)11-5-6-12(14-2)19-18-11/h5-6,8H,3-4,7H2,1-2H3,(H,14,19)(H,15,20)(H,16,17). The van der Waals surface area contributed by atoms with Crippen molar-refractivity contribution in [3.05, 3.63) is 35.3 Å². The Balaban J connectivity index is 1.76. The van der Waals surface area contributed by atoms with Crippen LogP contribution in [-0.2, 0) is 6.42 Å². The van der Waals surface area contributed by atoms with Gasteiger partial charge in [0.05, 0.1) is 6.20 Å². The number of hydrogen-bond acceptors (Lipinski definition) is 5. The summed E-state index contributed by atoms with van der Waals surface area (Å²) in [6.45, 7) is 2.58. The van der Waals surface area contributed by atoms with E-state index in [2.05, 4.69) is 31.0 Å². The Morgan fingerprint density at radius 1 is 1.35 bits per heavy atom. The van der Waals surface area contributed by atoms with Crippen LogP contribution in [0.2, 0.25) is 0 Å². The summed E-state index contributed by atoms with van der Waals surface area (Å²) in [5.74, 6) is 0.432. The topological polar surface area (TPSA) is 95.6 Å². The van der Waals surface area contributed by atoms with Gasteiger partial charge in [0.2, 0.25) is 0 Å². The Kier molecular flexibility index (Phi) is 4.65. The van der Waals surface area contributed by atoms with Crippen LogP contribution in [0.15, 0.2) is 18.3 Å². The largest absolute Gasteiger partial charge is 0.372 e. The third-order valence-electron chi connectivity index (χ3n) is 3.00. The second-order valence-corrected chi connectivity index (χ2v) is 4.43. The van der Waals surface area contributed by atoms with Crippen molar-refractivity contribution in [3.8, 4) is 0 Å². The summed E-state index contributed by atoms with van der Waals surface area (Å²) in [5, 5.41) is 20.3. The number of H-pyrrole nitrogens is 1. The smallest absolute Gasteiger partial charge is 0.271 e. The highest BCUT2D eigenvalue weighted by Crippen LogP contribution is 2.05. The lowest BCUT2D eigenvalue weighted by Crippen LogP contribution is -2.26. The van der Waals surface area contributed by atoms with Crippen molar-refractivity contribution >= 4 is 11.7 Å². The van der Waals surface area contributed by atoms with Gasteiger partial charge in [-0.25, -0.2) is 0 Å². The molecule has 0 fully saturated rings. The predicted molar refractivity (Wildman–Crippen MR) is 75.6 cm³/mol. The lowest BCUT2D eigenvalue weighted by molar-refractivity contribution is 0.0947. The minimum absolute atomic E-state index is 0.205. The van der Waals surface area contributed by atoms with Crippen LogP contribution in [0.4, 0.5) is 5.82 Å². The first kappa shape index (κ1) is 14.0. The fourth-order valence-corrected chi connectivity index (χ4v) is 1.79. The highest BCUT2D eigenvalue weighted by molar-refractivity contribution is 5.92. The highest BCUT2D eigenvalue weighted by Gasteiger charge is 2.07. The lowest BCUT2D eigenvalue weighted by atomic mass is 10.1. The average molecular weight is 274 g/mol. The second kappa shape index (κ2) is 6.65. The van der Waals surface area contributed by atoms with Gasteiger partial charge in [-0.05, 0) is 37.5 Å². The Hall–Kier alpha value is -2.44. The number of aryl methyl sites for hydroxylation is 2. The van der Waals surface area contributed by atoms with Crippen molar-refractivity contribution in [2.75, 3.05) is 18.9 Å². The summed E-state index contributed by atoms with van der Waals surface area (Å²) < 4.78 is 0. The fraction of sp³-hybridized carbons (Fsp3) is 0.385. The molecular formula is C13H18N6O. The van der Waals surface area contributed by atoms with Crippen LogP contribution in [0.5, 0.6) is 0 Å². The van der Waals surface area contributed by atoms with Gasteiger partial charge in [-0.15, -0.1) is 10.2 Å². The van der Waals surface area contributed by atoms with Crippen molar-refractivity contribution in [3.63, 3.8) is 0 Å². The third kappa shape index (κ3) is 3.53. The molecular weight excluding hydrogens is 256 g/mol. The molecule has 1 amide bonds. The molecule has 2 aromatic rings. The summed E-state index contributed by atoms with van der Waals surface area (Å²) in [6.07, 6.45) is 3.56. The zero-order chi connectivity index (χ0) is 14.4. The molecule has 0 aliphatic rings. The molecule has 0 aliphatic carbocycles. The van der Waals surface area contributed by atoms with E-state index in [1.54, 1.807) is 19.2 Å². The normalized spacial score (nSPS) is 10.3. The fourth-order valence-electron chi connectivity index (χ4n) is 1.79. The number of nitrogens with one attached hydrogen (secondary N) is 3. The number of nitrogens with zero attached hydrogens (tertiary/aromatic N) is 3. The van der Waals surface area contributed by atoms with Gasteiger partial charge in [0.1, 0.15) is 5.82 Å². The number of amides is 1. The van der Waals surface area contributed by atoms with Crippen LogP contribution in [0.1, 0.15) is 28.2 Å². The first-order valence-corrected chi connectivity index (χ1v) is 6.49. The van der Waals surface area contributed by atoms with Crippen molar-refractivity contribution in [2.24, 2.45) is 0 Å². The molecule has 2 heterocycles. The molecule has 7 heteroatoms. The minimum atomic E-state index is -0.205. The van der Waals surface area contributed by atoms with Crippen LogP contribution in [-0.4, -0.2) is 39.9 Å². The molecule has 2 aromatic heterocycles. The molecule has 106 valence electrons. The van der Waals surface area contributed by atoms with Gasteiger partial charge in [0.25, 0.3) is 5.91 Å². The maximum absolute atomic E-state index is 11.8. The molecule has 0 aromatic carbocycles. The molecule has 3 N–H and O–H groups in total. The summed E-state index contributed by atoms with van der Waals surface area (Å²) in [6, 6.07) is 3.37. The van der Waals surface area contributed by atoms with E-state index in [9.17, 15) is 4.79 Å². The van der Waals surface area contributed by atoms with Crippen LogP contribution in [0.3, 0.4) is 0 Å². The molecule has 2 rings (SSSR count). The van der Waals surface area contributed by atoms with E-state index < -0.39 is 0 Å². The zero-order valence-corrected chi connectivity index (χ0v) is 11.6. The van der Waals surface area contributed by atoms with Crippen LogP contribution in [0, 0.1) is 6.92 Å². The first-order chi connectivity index (χ1) is 9.70. The lowest BCUT2D eigenvalue weighted by Gasteiger charge is -2.04. The summed E-state index contributed by atoms with van der Waals surface area (Å²) in [4.78, 5) is 11.8. The molecule has 0 atom stereocenters. The SMILES string of the molecule is CNc1ccc(C(=O)NCCCc2cn[nH]c2C)nn1. The molecule has 0 unspecified atom stereocenters. The van der Waals surface area contributed by atoms with Gasteiger partial charge in [-0.1, -0.05) is 0 Å². The Morgan fingerprint density at radius 2 is 2.20 bits per heavy atom. The van der Waals surface area contributed by atoms with Gasteiger partial charge in [-0.3, -0.25) is 9.89 Å². The zero-order valence-electron chi connectivity index (χ0n) is 11.6. The van der Waals surface area contributed by atoms with Gasteiger partial charge >= 0.3 is 0 Å². The van der Waals surface area contributed by atoms with Crippen molar-refractivity contribution < 1.29 is 4.79 Å². The predicted octanol–water partition coefficient (Wildman–Crippen LogP) is 0.912. The molecule has 0 spiro atoms. The van der Waals surface area contributed by atoms with Crippen LogP contribution in [0.25, 0.3) is 0 Å². The Labute approximate surface area is 117 Å². The van der Waals surface area contributed by atoms with E-state index in [4.69, 9.17) is 0 Å². The molecule has 0 aliphatic heterocycles. The molecule has 20 heavy (non-hydrogen) atoms. The first-order valence-electron chi connectivity index (χ1n) is 6.49. The van der Waals surface area contributed by atoms with E-state index in [0.717, 1.165) is 18.5 Å². The summed E-state index contributed by atoms with van der Waals surface area (Å²) in [5.41, 5.74) is 2.57. The van der Waals surface area contributed by atoms with Crippen molar-refractivity contribution in [1.29, 1.82) is 0 Å². The van der Waals surface area contributed by atoms with E-state index in [1.807, 2.05) is 13.1 Å². The Bertz CT molecular complexity index is 562. The second-order valence-electron chi connectivity index (χ2n) is 4.43. The number of carbonyl (C=O) groups excluding carboxylic acids is 1. The number of aromatic amines is 1. The maximum atomic E-state index is 11.8. The monoisotopic (exact) mass is 274 g/mol. The molecule has 0 bridgehead atoms. The van der Waals surface area contributed by atoms with Crippen LogP contribution >= 0.6 is 0 Å². The Morgan fingerprint density at radius 3 is 2.80 bits per heavy atom. The van der Waals surface area contributed by atoms with Crippen LogP contribution < -0.4 is 10.6 Å². The molecule has 7 nitrogen and oxygen atoms in total. The summed E-state index contributed by atoms with van der Waals surface area (Å²) >= 11 is 0. The van der Waals surface area contributed by atoms with E-state index >= 15 is 0 Å². The number of aromatic nitrogens is 4. The van der Waals surface area contributed by atoms with Crippen molar-refractivity contribution in [2.45, 2.75) is 19.8 Å². The number of rotatable bonds is 6. The van der Waals surface area contributed by atoms with Gasteiger partial charge in [0, 0.05) is 19.3 Å². The number of anilines is 1. The highest BCUT2D eigenvalue weighted by atomic mass is 16.1. The molecule has 0 radical (unpaired) electrons. The summed E-state index contributed by atoms with van der Waals surface area (Å²) in [7, 11) is 1.75. The van der Waals surface area contributed by atoms with E-state index in [0.29, 0.717) is 18.1 Å². The molecule has 0 saturated heterocycles. The van der Waals surface area contributed by atoms with Gasteiger partial charge < -0.3 is 10.6 Å². The van der Waals surface area contributed by atoms with E-state index in [1.165, 1.54) is 5.56 Å². The number of carbonyl (C=O) groups is 1. The minimum Gasteiger partial charge on any atom is -0.372 e. The maximum Gasteiger partial charge on any atom is 0.271 e. The quantitative estimate of drug-likeness (QED) is 0.681. The van der Waals surface area contributed by atoms with E-state index in [-0.39, 0.29) is 5.91 Å².